The van der Waals surface area contributed by atoms with E-state index in [2.05, 4.69) is 9.72 Å². The highest BCUT2D eigenvalue weighted by Crippen LogP contribution is 2.51. The molecule has 1 aliphatic heterocycles. The van der Waals surface area contributed by atoms with Crippen LogP contribution in [0.4, 0.5) is 18.9 Å². The summed E-state index contributed by atoms with van der Waals surface area (Å²) in [6, 6.07) is 12.5. The van der Waals surface area contributed by atoms with E-state index in [9.17, 15) is 23.1 Å². The van der Waals surface area contributed by atoms with E-state index in [4.69, 9.17) is 30.5 Å². The van der Waals surface area contributed by atoms with Crippen molar-refractivity contribution in [3.05, 3.63) is 70.9 Å². The zero-order chi connectivity index (χ0) is 30.9. The van der Waals surface area contributed by atoms with Crippen molar-refractivity contribution in [1.82, 2.24) is 4.98 Å². The minimum atomic E-state index is -4.98. The van der Waals surface area contributed by atoms with Crippen molar-refractivity contribution < 1.29 is 46.8 Å². The number of benzene rings is 3. The molecule has 0 spiro atoms. The zero-order valence-corrected chi connectivity index (χ0v) is 24.1. The number of carbonyl (C=O) groups is 1. The van der Waals surface area contributed by atoms with Gasteiger partial charge in [0, 0.05) is 70.7 Å². The van der Waals surface area contributed by atoms with Crippen molar-refractivity contribution in [2.45, 2.75) is 18.3 Å². The molecule has 1 atom stereocenters. The highest BCUT2D eigenvalue weighted by molar-refractivity contribution is 6.30. The first-order chi connectivity index (χ1) is 20.5. The third kappa shape index (κ3) is 5.59. The lowest BCUT2D eigenvalue weighted by Crippen LogP contribution is -2.62. The molecule has 1 unspecified atom stereocenters. The number of carbonyl (C=O) groups excluding carboxylic acids is 1. The minimum Gasteiger partial charge on any atom is -0.497 e. The molecule has 1 aliphatic rings. The van der Waals surface area contributed by atoms with E-state index in [1.807, 2.05) is 4.90 Å². The third-order valence-electron chi connectivity index (χ3n) is 7.35. The first-order valence-electron chi connectivity index (χ1n) is 13.1. The number of aliphatic hydroxyl groups excluding tert-OH is 1. The number of rotatable bonds is 11. The number of aromatic amines is 1. The van der Waals surface area contributed by atoms with Gasteiger partial charge in [0.1, 0.15) is 29.4 Å². The maximum atomic E-state index is 14.8. The Hall–Kier alpha value is -4.29. The Morgan fingerprint density at radius 3 is 2.37 bits per heavy atom. The number of anilines is 1. The SMILES string of the molecule is COc1cc(OCCO)cc(N2CCC2(C(=O)c2c[nH]c3cc(OC)c(OC(F)(F)F)cc23)c2ccc(Cl)cc2OC)c1. The zero-order valence-electron chi connectivity index (χ0n) is 23.4. The van der Waals surface area contributed by atoms with Gasteiger partial charge in [-0.15, -0.1) is 13.2 Å². The fourth-order valence-electron chi connectivity index (χ4n) is 5.42. The summed E-state index contributed by atoms with van der Waals surface area (Å²) in [4.78, 5) is 19.6. The number of Topliss-reactive ketones (excluding diaryl/α,β-unsaturated/α-hetero) is 1. The van der Waals surface area contributed by atoms with Gasteiger partial charge >= 0.3 is 6.36 Å². The molecule has 0 radical (unpaired) electrons. The molecule has 43 heavy (non-hydrogen) atoms. The topological polar surface area (TPSA) is 102 Å². The van der Waals surface area contributed by atoms with Gasteiger partial charge in [0.2, 0.25) is 0 Å². The van der Waals surface area contributed by atoms with Gasteiger partial charge < -0.3 is 38.7 Å². The van der Waals surface area contributed by atoms with Crippen molar-refractivity contribution in [3.63, 3.8) is 0 Å². The van der Waals surface area contributed by atoms with Crippen LogP contribution in [0.3, 0.4) is 0 Å². The molecular weight excluding hydrogens is 593 g/mol. The Kier molecular flexibility index (Phi) is 8.26. The number of fused-ring (bicyclic) bond motifs is 1. The summed E-state index contributed by atoms with van der Waals surface area (Å²) >= 11 is 6.27. The van der Waals surface area contributed by atoms with Crippen molar-refractivity contribution >= 4 is 34.0 Å². The highest BCUT2D eigenvalue weighted by Gasteiger charge is 2.54. The molecular formula is C30H28ClF3N2O7. The molecule has 5 rings (SSSR count). The molecule has 1 saturated heterocycles. The summed E-state index contributed by atoms with van der Waals surface area (Å²) < 4.78 is 65.8. The summed E-state index contributed by atoms with van der Waals surface area (Å²) in [5, 5.41) is 9.87. The Labute approximate surface area is 249 Å². The Bertz CT molecular complexity index is 1660. The van der Waals surface area contributed by atoms with E-state index in [-0.39, 0.29) is 29.9 Å². The van der Waals surface area contributed by atoms with E-state index in [1.54, 1.807) is 36.4 Å². The number of nitrogens with zero attached hydrogens (tertiary/aromatic N) is 1. The molecule has 0 amide bonds. The summed E-state index contributed by atoms with van der Waals surface area (Å²) in [5.41, 5.74) is 0.222. The van der Waals surface area contributed by atoms with Crippen LogP contribution in [-0.2, 0) is 5.54 Å². The van der Waals surface area contributed by atoms with Crippen molar-refractivity contribution in [1.29, 1.82) is 0 Å². The lowest BCUT2D eigenvalue weighted by Gasteiger charge is -2.53. The highest BCUT2D eigenvalue weighted by atomic mass is 35.5. The van der Waals surface area contributed by atoms with Crippen LogP contribution in [0.5, 0.6) is 28.7 Å². The molecule has 13 heteroatoms. The van der Waals surface area contributed by atoms with Crippen LogP contribution in [-0.4, -0.2) is 63.3 Å². The number of hydrogen-bond donors (Lipinski definition) is 2. The molecule has 0 saturated carbocycles. The van der Waals surface area contributed by atoms with Gasteiger partial charge in [0.15, 0.2) is 17.3 Å². The number of aliphatic hydroxyl groups is 1. The lowest BCUT2D eigenvalue weighted by atomic mass is 9.72. The summed E-state index contributed by atoms with van der Waals surface area (Å²) in [5.74, 6) is 0.0694. The standard InChI is InChI=1S/C30H28ClF3N2O7/c1-39-19-11-18(12-20(13-19)42-9-8-37)36-7-6-29(36,23-5-4-17(31)10-25(23)40-2)28(38)22-16-35-24-15-26(41-3)27(14-21(22)24)43-30(32,33)34/h4-5,10-16,35,37H,6-9H2,1-3H3. The molecule has 1 fully saturated rings. The molecule has 2 heterocycles. The third-order valence-corrected chi connectivity index (χ3v) is 7.59. The van der Waals surface area contributed by atoms with Crippen molar-refractivity contribution in [2.24, 2.45) is 0 Å². The fraction of sp³-hybridized carbons (Fsp3) is 0.300. The van der Waals surface area contributed by atoms with Gasteiger partial charge in [-0.25, -0.2) is 0 Å². The van der Waals surface area contributed by atoms with Crippen LogP contribution in [0.1, 0.15) is 22.3 Å². The number of aromatic nitrogens is 1. The van der Waals surface area contributed by atoms with Gasteiger partial charge in [0.25, 0.3) is 0 Å². The average Bonchev–Trinajstić information content (AvgIpc) is 3.37. The second-order valence-electron chi connectivity index (χ2n) is 9.67. The molecule has 4 aromatic rings. The van der Waals surface area contributed by atoms with E-state index in [0.29, 0.717) is 52.0 Å². The predicted octanol–water partition coefficient (Wildman–Crippen LogP) is 6.11. The van der Waals surface area contributed by atoms with Gasteiger partial charge in [0.05, 0.1) is 33.5 Å². The second-order valence-corrected chi connectivity index (χ2v) is 10.1. The Balaban J connectivity index is 1.70. The molecule has 228 valence electrons. The number of nitrogens with one attached hydrogen (secondary N) is 1. The first-order valence-corrected chi connectivity index (χ1v) is 13.5. The maximum Gasteiger partial charge on any atom is 0.573 e. The molecule has 9 nitrogen and oxygen atoms in total. The average molecular weight is 621 g/mol. The Morgan fingerprint density at radius 2 is 1.74 bits per heavy atom. The smallest absolute Gasteiger partial charge is 0.497 e. The van der Waals surface area contributed by atoms with Gasteiger partial charge in [-0.1, -0.05) is 17.7 Å². The number of ether oxygens (including phenoxy) is 5. The lowest BCUT2D eigenvalue weighted by molar-refractivity contribution is -0.275. The molecule has 0 aliphatic carbocycles. The van der Waals surface area contributed by atoms with Crippen LogP contribution in [0.2, 0.25) is 5.02 Å². The van der Waals surface area contributed by atoms with Crippen molar-refractivity contribution in [2.75, 3.05) is 46.0 Å². The molecule has 0 bridgehead atoms. The quantitative estimate of drug-likeness (QED) is 0.194. The number of ketones is 1. The second kappa shape index (κ2) is 11.8. The van der Waals surface area contributed by atoms with Crippen LogP contribution in [0.15, 0.2) is 54.7 Å². The largest absolute Gasteiger partial charge is 0.573 e. The molecule has 2 N–H and O–H groups in total. The van der Waals surface area contributed by atoms with Crippen LogP contribution in [0.25, 0.3) is 10.9 Å². The van der Waals surface area contributed by atoms with E-state index >= 15 is 0 Å². The Morgan fingerprint density at radius 1 is 1.00 bits per heavy atom. The van der Waals surface area contributed by atoms with Gasteiger partial charge in [-0.3, -0.25) is 4.79 Å². The number of H-pyrrole nitrogens is 1. The predicted molar refractivity (Wildman–Crippen MR) is 153 cm³/mol. The maximum absolute atomic E-state index is 14.8. The number of halogens is 4. The van der Waals surface area contributed by atoms with E-state index in [1.165, 1.54) is 33.6 Å². The van der Waals surface area contributed by atoms with Crippen LogP contribution < -0.4 is 28.6 Å². The first kappa shape index (κ1) is 30.2. The number of hydrogen-bond acceptors (Lipinski definition) is 8. The van der Waals surface area contributed by atoms with E-state index < -0.39 is 23.4 Å². The minimum absolute atomic E-state index is 0.0445. The summed E-state index contributed by atoms with van der Waals surface area (Å²) in [6.45, 7) is 0.275. The summed E-state index contributed by atoms with van der Waals surface area (Å²) in [7, 11) is 4.17. The monoisotopic (exact) mass is 620 g/mol. The normalized spacial score (nSPS) is 16.5. The molecule has 1 aromatic heterocycles. The molecule has 3 aromatic carbocycles. The van der Waals surface area contributed by atoms with Crippen molar-refractivity contribution in [3.8, 4) is 28.7 Å². The van der Waals surface area contributed by atoms with Gasteiger partial charge in [-0.05, 0) is 18.2 Å². The summed E-state index contributed by atoms with van der Waals surface area (Å²) in [6.07, 6.45) is -3.19. The number of methoxy groups -OCH3 is 3. The van der Waals surface area contributed by atoms with Crippen LogP contribution >= 0.6 is 11.6 Å². The van der Waals surface area contributed by atoms with Gasteiger partial charge in [-0.2, -0.15) is 0 Å². The fourth-order valence-corrected chi connectivity index (χ4v) is 5.59. The van der Waals surface area contributed by atoms with Crippen LogP contribution in [0, 0.1) is 0 Å². The van der Waals surface area contributed by atoms with E-state index in [0.717, 1.165) is 6.07 Å². The number of alkyl halides is 3.